The third-order valence-corrected chi connectivity index (χ3v) is 3.34. The standard InChI is InChI=1S/C13H20F3N3O3/c1-11(2,22-4)8-18-9(20)7-12(21,13(14,15)16)10-17-5-6-19(10)3/h5-6,21H,7-8H2,1-4H3,(H,18,20). The maximum atomic E-state index is 13.2. The zero-order valence-electron chi connectivity index (χ0n) is 12.9. The highest BCUT2D eigenvalue weighted by molar-refractivity contribution is 5.77. The van der Waals surface area contributed by atoms with Gasteiger partial charge in [-0.05, 0) is 13.8 Å². The predicted octanol–water partition coefficient (Wildman–Crippen LogP) is 1.10. The molecule has 0 saturated heterocycles. The molecule has 9 heteroatoms. The molecule has 126 valence electrons. The maximum absolute atomic E-state index is 13.2. The number of ether oxygens (including phenoxy) is 1. The number of halogens is 3. The van der Waals surface area contributed by atoms with Crippen LogP contribution in [0.15, 0.2) is 12.4 Å². The predicted molar refractivity (Wildman–Crippen MR) is 71.9 cm³/mol. The van der Waals surface area contributed by atoms with Crippen molar-refractivity contribution in [3.8, 4) is 0 Å². The molecule has 0 aliphatic heterocycles. The van der Waals surface area contributed by atoms with Crippen molar-refractivity contribution in [2.24, 2.45) is 7.05 Å². The fourth-order valence-electron chi connectivity index (χ4n) is 1.75. The van der Waals surface area contributed by atoms with Gasteiger partial charge in [0, 0.05) is 33.1 Å². The van der Waals surface area contributed by atoms with E-state index in [4.69, 9.17) is 4.74 Å². The molecule has 1 amide bonds. The third kappa shape index (κ3) is 3.98. The van der Waals surface area contributed by atoms with Crippen molar-refractivity contribution in [2.75, 3.05) is 13.7 Å². The summed E-state index contributed by atoms with van der Waals surface area (Å²) in [4.78, 5) is 15.3. The van der Waals surface area contributed by atoms with E-state index in [-0.39, 0.29) is 6.54 Å². The highest BCUT2D eigenvalue weighted by Gasteiger charge is 2.58. The number of amides is 1. The molecule has 6 nitrogen and oxygen atoms in total. The normalized spacial score (nSPS) is 15.5. The van der Waals surface area contributed by atoms with Gasteiger partial charge in [-0.15, -0.1) is 0 Å². The van der Waals surface area contributed by atoms with Crippen LogP contribution in [0.2, 0.25) is 0 Å². The number of alkyl halides is 3. The lowest BCUT2D eigenvalue weighted by Gasteiger charge is -2.30. The first kappa shape index (κ1) is 18.4. The molecule has 1 heterocycles. The smallest absolute Gasteiger partial charge is 0.377 e. The van der Waals surface area contributed by atoms with Crippen LogP contribution in [0.5, 0.6) is 0 Å². The molecule has 1 unspecified atom stereocenters. The average molecular weight is 323 g/mol. The zero-order valence-corrected chi connectivity index (χ0v) is 12.9. The molecule has 22 heavy (non-hydrogen) atoms. The SMILES string of the molecule is COC(C)(C)CNC(=O)CC(O)(c1nccn1C)C(F)(F)F. The lowest BCUT2D eigenvalue weighted by atomic mass is 9.97. The number of nitrogens with zero attached hydrogens (tertiary/aromatic N) is 2. The first-order valence-electron chi connectivity index (χ1n) is 6.52. The minimum atomic E-state index is -5.04. The van der Waals surface area contributed by atoms with E-state index in [1.165, 1.54) is 20.4 Å². The number of nitrogens with one attached hydrogen (secondary N) is 1. The fourth-order valence-corrected chi connectivity index (χ4v) is 1.75. The molecule has 1 aromatic heterocycles. The van der Waals surface area contributed by atoms with Crippen molar-refractivity contribution in [3.05, 3.63) is 18.2 Å². The van der Waals surface area contributed by atoms with Crippen LogP contribution in [0.25, 0.3) is 0 Å². The number of aryl methyl sites for hydroxylation is 1. The van der Waals surface area contributed by atoms with Crippen molar-refractivity contribution < 1.29 is 27.8 Å². The molecule has 0 spiro atoms. The molecule has 0 saturated carbocycles. The van der Waals surface area contributed by atoms with Crippen LogP contribution in [0.3, 0.4) is 0 Å². The Morgan fingerprint density at radius 3 is 2.45 bits per heavy atom. The molecule has 2 N–H and O–H groups in total. The van der Waals surface area contributed by atoms with Gasteiger partial charge in [-0.2, -0.15) is 13.2 Å². The monoisotopic (exact) mass is 323 g/mol. The van der Waals surface area contributed by atoms with Gasteiger partial charge in [0.25, 0.3) is 0 Å². The first-order chi connectivity index (χ1) is 9.93. The Labute approximate surface area is 126 Å². The van der Waals surface area contributed by atoms with Crippen LogP contribution in [0.1, 0.15) is 26.1 Å². The number of methoxy groups -OCH3 is 1. The van der Waals surface area contributed by atoms with Crippen LogP contribution in [0, 0.1) is 0 Å². The molecule has 1 atom stereocenters. The lowest BCUT2D eigenvalue weighted by molar-refractivity contribution is -0.271. The van der Waals surface area contributed by atoms with E-state index in [0.29, 0.717) is 0 Å². The summed E-state index contributed by atoms with van der Waals surface area (Å²) in [5.41, 5.74) is -4.08. The van der Waals surface area contributed by atoms with Crippen molar-refractivity contribution >= 4 is 5.91 Å². The van der Waals surface area contributed by atoms with Crippen LogP contribution < -0.4 is 5.32 Å². The number of aromatic nitrogens is 2. The number of aliphatic hydroxyl groups is 1. The van der Waals surface area contributed by atoms with Gasteiger partial charge in [-0.1, -0.05) is 0 Å². The molecule has 0 radical (unpaired) electrons. The van der Waals surface area contributed by atoms with Crippen LogP contribution >= 0.6 is 0 Å². The Bertz CT molecular complexity index is 528. The largest absolute Gasteiger partial charge is 0.425 e. The molecular formula is C13H20F3N3O3. The minimum absolute atomic E-state index is 0.0107. The summed E-state index contributed by atoms with van der Waals surface area (Å²) in [5.74, 6) is -1.59. The highest BCUT2D eigenvalue weighted by Crippen LogP contribution is 2.40. The highest BCUT2D eigenvalue weighted by atomic mass is 19.4. The van der Waals surface area contributed by atoms with E-state index in [1.54, 1.807) is 13.8 Å². The molecule has 0 bridgehead atoms. The second-order valence-electron chi connectivity index (χ2n) is 5.64. The number of hydrogen-bond acceptors (Lipinski definition) is 4. The molecule has 0 fully saturated rings. The summed E-state index contributed by atoms with van der Waals surface area (Å²) in [5, 5.41) is 12.4. The second kappa shape index (κ2) is 6.25. The van der Waals surface area contributed by atoms with Crippen LogP contribution in [-0.2, 0) is 22.2 Å². The summed E-state index contributed by atoms with van der Waals surface area (Å²) in [6, 6.07) is 0. The molecule has 0 aliphatic rings. The molecule has 0 aliphatic carbocycles. The van der Waals surface area contributed by atoms with E-state index in [2.05, 4.69) is 10.3 Å². The van der Waals surface area contributed by atoms with Gasteiger partial charge >= 0.3 is 6.18 Å². The Morgan fingerprint density at radius 2 is 2.05 bits per heavy atom. The van der Waals surface area contributed by atoms with Crippen molar-refractivity contribution in [3.63, 3.8) is 0 Å². The summed E-state index contributed by atoms with van der Waals surface area (Å²) >= 11 is 0. The first-order valence-corrected chi connectivity index (χ1v) is 6.52. The number of imidazole rings is 1. The van der Waals surface area contributed by atoms with Gasteiger partial charge in [-0.3, -0.25) is 4.79 Å². The van der Waals surface area contributed by atoms with Crippen LogP contribution in [-0.4, -0.2) is 46.0 Å². The third-order valence-electron chi connectivity index (χ3n) is 3.34. The number of hydrogen-bond donors (Lipinski definition) is 2. The summed E-state index contributed by atoms with van der Waals surface area (Å²) in [6.45, 7) is 3.35. The number of carbonyl (C=O) groups excluding carboxylic acids is 1. The quantitative estimate of drug-likeness (QED) is 0.822. The van der Waals surface area contributed by atoms with Crippen molar-refractivity contribution in [1.29, 1.82) is 0 Å². The van der Waals surface area contributed by atoms with Gasteiger partial charge in [0.1, 0.15) is 0 Å². The number of carbonyl (C=O) groups is 1. The van der Waals surface area contributed by atoms with E-state index in [0.717, 1.165) is 10.8 Å². The van der Waals surface area contributed by atoms with Gasteiger partial charge < -0.3 is 19.7 Å². The van der Waals surface area contributed by atoms with E-state index < -0.39 is 35.5 Å². The Balaban J connectivity index is 2.93. The molecule has 1 aromatic rings. The van der Waals surface area contributed by atoms with Crippen molar-refractivity contribution in [2.45, 2.75) is 37.6 Å². The van der Waals surface area contributed by atoms with E-state index in [1.807, 2.05) is 0 Å². The van der Waals surface area contributed by atoms with E-state index in [9.17, 15) is 23.1 Å². The summed E-state index contributed by atoms with van der Waals surface area (Å²) in [7, 11) is 2.73. The average Bonchev–Trinajstić information content (AvgIpc) is 2.82. The molecule has 1 rings (SSSR count). The Kier molecular flexibility index (Phi) is 5.24. The summed E-state index contributed by atoms with van der Waals surface area (Å²) in [6.07, 6.45) is -3.84. The topological polar surface area (TPSA) is 76.4 Å². The van der Waals surface area contributed by atoms with Gasteiger partial charge in [-0.25, -0.2) is 4.98 Å². The van der Waals surface area contributed by atoms with Gasteiger partial charge in [0.05, 0.1) is 12.0 Å². The maximum Gasteiger partial charge on any atom is 0.425 e. The minimum Gasteiger partial charge on any atom is -0.377 e. The summed E-state index contributed by atoms with van der Waals surface area (Å²) < 4.78 is 45.8. The van der Waals surface area contributed by atoms with Gasteiger partial charge in [0.2, 0.25) is 11.5 Å². The fraction of sp³-hybridized carbons (Fsp3) is 0.692. The number of rotatable bonds is 6. The van der Waals surface area contributed by atoms with Crippen molar-refractivity contribution in [1.82, 2.24) is 14.9 Å². The Hall–Kier alpha value is -1.61. The second-order valence-corrected chi connectivity index (χ2v) is 5.64. The molecule has 0 aromatic carbocycles. The van der Waals surface area contributed by atoms with E-state index >= 15 is 0 Å². The lowest BCUT2D eigenvalue weighted by Crippen LogP contribution is -2.49. The van der Waals surface area contributed by atoms with Gasteiger partial charge in [0.15, 0.2) is 5.82 Å². The molecular weight excluding hydrogens is 303 g/mol. The van der Waals surface area contributed by atoms with Crippen LogP contribution in [0.4, 0.5) is 13.2 Å². The Morgan fingerprint density at radius 1 is 1.45 bits per heavy atom. The zero-order chi connectivity index (χ0) is 17.2.